The third-order valence-corrected chi connectivity index (χ3v) is 4.35. The van der Waals surface area contributed by atoms with Crippen LogP contribution in [-0.2, 0) is 17.9 Å². The van der Waals surface area contributed by atoms with Crippen LogP contribution in [0.3, 0.4) is 0 Å². The lowest BCUT2D eigenvalue weighted by atomic mass is 10.1. The van der Waals surface area contributed by atoms with Gasteiger partial charge in [0.1, 0.15) is 18.6 Å². The van der Waals surface area contributed by atoms with Gasteiger partial charge in [0.2, 0.25) is 0 Å². The third kappa shape index (κ3) is 2.62. The molecule has 3 aromatic rings. The topological polar surface area (TPSA) is 57.8 Å². The Morgan fingerprint density at radius 2 is 2.20 bits per heavy atom. The van der Waals surface area contributed by atoms with Crippen molar-refractivity contribution in [2.24, 2.45) is 0 Å². The number of nitrogens with zero attached hydrogens (tertiary/aromatic N) is 5. The van der Waals surface area contributed by atoms with Crippen molar-refractivity contribution < 1.29 is 4.74 Å². The molecule has 0 saturated carbocycles. The fourth-order valence-electron chi connectivity index (χ4n) is 2.99. The van der Waals surface area contributed by atoms with E-state index in [2.05, 4.69) is 31.6 Å². The molecule has 1 aromatic carbocycles. The van der Waals surface area contributed by atoms with E-state index in [0.717, 1.165) is 40.7 Å². The maximum atomic E-state index is 6.24. The van der Waals surface area contributed by atoms with Crippen molar-refractivity contribution >= 4 is 11.6 Å². The molecule has 0 unspecified atom stereocenters. The minimum absolute atomic E-state index is 0.382. The van der Waals surface area contributed by atoms with Gasteiger partial charge < -0.3 is 9.30 Å². The lowest BCUT2D eigenvalue weighted by molar-refractivity contribution is 0.174. The van der Waals surface area contributed by atoms with Gasteiger partial charge in [0.05, 0.1) is 17.9 Å². The first-order valence-electron chi connectivity index (χ1n) is 7.99. The number of benzene rings is 1. The molecule has 0 fully saturated rings. The molecule has 0 spiro atoms. The van der Waals surface area contributed by atoms with Crippen LogP contribution in [0.5, 0.6) is 0 Å². The van der Waals surface area contributed by atoms with Gasteiger partial charge in [0.15, 0.2) is 11.6 Å². The minimum atomic E-state index is 0.382. The molecular formula is C18H16ClN5O. The smallest absolute Gasteiger partial charge is 0.166 e. The minimum Gasteiger partial charge on any atom is -0.377 e. The van der Waals surface area contributed by atoms with E-state index in [1.165, 1.54) is 0 Å². The van der Waals surface area contributed by atoms with Gasteiger partial charge in [-0.15, -0.1) is 10.2 Å². The summed E-state index contributed by atoms with van der Waals surface area (Å²) in [5, 5.41) is 9.31. The Morgan fingerprint density at radius 1 is 1.32 bits per heavy atom. The van der Waals surface area contributed by atoms with Crippen LogP contribution in [0.4, 0.5) is 0 Å². The van der Waals surface area contributed by atoms with Crippen molar-refractivity contribution in [1.82, 2.24) is 24.3 Å². The molecule has 0 N–H and O–H groups in total. The van der Waals surface area contributed by atoms with Crippen LogP contribution < -0.4 is 0 Å². The second-order valence-corrected chi connectivity index (χ2v) is 6.12. The number of hydrogen-bond donors (Lipinski definition) is 0. The fraction of sp³-hybridized carbons (Fsp3) is 0.278. The van der Waals surface area contributed by atoms with E-state index in [1.807, 2.05) is 29.7 Å². The molecule has 1 aliphatic heterocycles. The summed E-state index contributed by atoms with van der Waals surface area (Å²) in [5.41, 5.74) is 3.65. The highest BCUT2D eigenvalue weighted by atomic mass is 35.5. The molecule has 2 aromatic heterocycles. The summed E-state index contributed by atoms with van der Waals surface area (Å²) in [6.45, 7) is 2.97. The van der Waals surface area contributed by atoms with Crippen LogP contribution in [0.1, 0.15) is 30.6 Å². The van der Waals surface area contributed by atoms with Gasteiger partial charge in [-0.1, -0.05) is 24.4 Å². The van der Waals surface area contributed by atoms with E-state index in [4.69, 9.17) is 16.3 Å². The predicted molar refractivity (Wildman–Crippen MR) is 94.6 cm³/mol. The fourth-order valence-corrected chi connectivity index (χ4v) is 3.16. The molecule has 0 atom stereocenters. The molecule has 6 nitrogen and oxygen atoms in total. The van der Waals surface area contributed by atoms with Crippen LogP contribution >= 0.6 is 11.6 Å². The Bertz CT molecular complexity index is 1010. The van der Waals surface area contributed by atoms with Gasteiger partial charge in [-0.3, -0.25) is 4.57 Å². The Morgan fingerprint density at radius 3 is 3.00 bits per heavy atom. The highest BCUT2D eigenvalue weighted by Gasteiger charge is 2.25. The Kier molecular flexibility index (Phi) is 4.04. The first kappa shape index (κ1) is 15.9. The van der Waals surface area contributed by atoms with Crippen LogP contribution in [0.15, 0.2) is 24.5 Å². The SMILES string of the molecule is CCC#Cc1ncn2c1Cn1c(COC)nnc1-c1cc(Cl)ccc1-2. The summed E-state index contributed by atoms with van der Waals surface area (Å²) in [4.78, 5) is 4.50. The van der Waals surface area contributed by atoms with Gasteiger partial charge in [-0.05, 0) is 24.1 Å². The highest BCUT2D eigenvalue weighted by Crippen LogP contribution is 2.34. The first-order chi connectivity index (χ1) is 12.2. The maximum absolute atomic E-state index is 6.24. The summed E-state index contributed by atoms with van der Waals surface area (Å²) >= 11 is 6.24. The number of hydrogen-bond acceptors (Lipinski definition) is 4. The van der Waals surface area contributed by atoms with E-state index in [0.29, 0.717) is 18.2 Å². The average molecular weight is 354 g/mol. The molecule has 0 saturated heterocycles. The largest absolute Gasteiger partial charge is 0.377 e. The molecule has 7 heteroatoms. The van der Waals surface area contributed by atoms with E-state index in [1.54, 1.807) is 13.4 Å². The normalized spacial score (nSPS) is 11.8. The Balaban J connectivity index is 2.00. The number of halogens is 1. The molecule has 0 bridgehead atoms. The summed E-state index contributed by atoms with van der Waals surface area (Å²) < 4.78 is 9.36. The van der Waals surface area contributed by atoms with Crippen molar-refractivity contribution in [2.45, 2.75) is 26.5 Å². The van der Waals surface area contributed by atoms with Crippen molar-refractivity contribution in [3.63, 3.8) is 0 Å². The molecule has 126 valence electrons. The van der Waals surface area contributed by atoms with Gasteiger partial charge in [-0.2, -0.15) is 0 Å². The van der Waals surface area contributed by atoms with E-state index >= 15 is 0 Å². The van der Waals surface area contributed by atoms with E-state index in [9.17, 15) is 0 Å². The summed E-state index contributed by atoms with van der Waals surface area (Å²) in [6.07, 6.45) is 2.59. The van der Waals surface area contributed by atoms with E-state index < -0.39 is 0 Å². The van der Waals surface area contributed by atoms with Gasteiger partial charge >= 0.3 is 0 Å². The lowest BCUT2D eigenvalue weighted by Gasteiger charge is -2.08. The molecule has 1 aliphatic rings. The highest BCUT2D eigenvalue weighted by molar-refractivity contribution is 6.31. The van der Waals surface area contributed by atoms with Crippen molar-refractivity contribution in [2.75, 3.05) is 7.11 Å². The van der Waals surface area contributed by atoms with Crippen molar-refractivity contribution in [1.29, 1.82) is 0 Å². The van der Waals surface area contributed by atoms with Crippen LogP contribution in [0.2, 0.25) is 5.02 Å². The zero-order chi connectivity index (χ0) is 17.4. The number of imidazole rings is 1. The Labute approximate surface area is 150 Å². The first-order valence-corrected chi connectivity index (χ1v) is 8.37. The van der Waals surface area contributed by atoms with Crippen LogP contribution in [0, 0.1) is 11.8 Å². The summed E-state index contributed by atoms with van der Waals surface area (Å²) in [7, 11) is 1.64. The van der Waals surface area contributed by atoms with Gasteiger partial charge in [-0.25, -0.2) is 4.98 Å². The molecule has 3 heterocycles. The average Bonchev–Trinajstić information content (AvgIpc) is 3.15. The molecule has 0 aliphatic carbocycles. The molecule has 25 heavy (non-hydrogen) atoms. The second kappa shape index (κ2) is 6.36. The van der Waals surface area contributed by atoms with Crippen LogP contribution in [0.25, 0.3) is 17.1 Å². The predicted octanol–water partition coefficient (Wildman–Crippen LogP) is 3.05. The van der Waals surface area contributed by atoms with Crippen molar-refractivity contribution in [3.8, 4) is 28.9 Å². The molecule has 4 rings (SSSR count). The number of ether oxygens (including phenoxy) is 1. The third-order valence-electron chi connectivity index (χ3n) is 4.12. The second-order valence-electron chi connectivity index (χ2n) is 5.69. The van der Waals surface area contributed by atoms with E-state index in [-0.39, 0.29) is 0 Å². The maximum Gasteiger partial charge on any atom is 0.166 e. The van der Waals surface area contributed by atoms with Crippen molar-refractivity contribution in [3.05, 3.63) is 46.8 Å². The molecule has 0 amide bonds. The number of rotatable bonds is 2. The van der Waals surface area contributed by atoms with Crippen LogP contribution in [-0.4, -0.2) is 31.4 Å². The molecule has 0 radical (unpaired) electrons. The number of fused-ring (bicyclic) bond motifs is 5. The molecular weight excluding hydrogens is 338 g/mol. The standard InChI is InChI=1S/C18H16ClN5O/c1-3-4-5-14-16-9-23-17(10-25-2)21-22-18(23)13-8-12(19)6-7-15(13)24(16)11-20-14/h6-8,11H,3,9-10H2,1-2H3. The Hall–Kier alpha value is -2.62. The summed E-state index contributed by atoms with van der Waals surface area (Å²) in [6, 6.07) is 5.74. The quantitative estimate of drug-likeness (QED) is 0.520. The lowest BCUT2D eigenvalue weighted by Crippen LogP contribution is -2.09. The zero-order valence-corrected chi connectivity index (χ0v) is 14.7. The van der Waals surface area contributed by atoms with Gasteiger partial charge in [0.25, 0.3) is 0 Å². The zero-order valence-electron chi connectivity index (χ0n) is 14.0. The monoisotopic (exact) mass is 353 g/mol. The number of aromatic nitrogens is 5. The number of methoxy groups -OCH3 is 1. The van der Waals surface area contributed by atoms with Gasteiger partial charge in [0, 0.05) is 24.1 Å². The summed E-state index contributed by atoms with van der Waals surface area (Å²) in [5.74, 6) is 7.78.